The zero-order valence-electron chi connectivity index (χ0n) is 11.8. The summed E-state index contributed by atoms with van der Waals surface area (Å²) in [5.41, 5.74) is 1.86. The fraction of sp³-hybridized carbons (Fsp3) is 0.308. The number of aromatic nitrogens is 3. The number of rotatable bonds is 6. The third-order valence-corrected chi connectivity index (χ3v) is 2.88. The van der Waals surface area contributed by atoms with Crippen molar-refractivity contribution in [2.75, 3.05) is 17.2 Å². The molecule has 0 aromatic carbocycles. The lowest BCUT2D eigenvalue weighted by Gasteiger charge is -2.09. The summed E-state index contributed by atoms with van der Waals surface area (Å²) in [5.74, 6) is 0.555. The van der Waals surface area contributed by atoms with Crippen LogP contribution in [0.4, 0.5) is 17.5 Å². The summed E-state index contributed by atoms with van der Waals surface area (Å²) in [6.07, 6.45) is 4.63. The number of hydrogen-bond acceptors (Lipinski definition) is 7. The maximum atomic E-state index is 11.0. The second-order valence-corrected chi connectivity index (χ2v) is 4.37. The maximum absolute atomic E-state index is 11.0. The lowest BCUT2D eigenvalue weighted by molar-refractivity contribution is -0.384. The summed E-state index contributed by atoms with van der Waals surface area (Å²) in [6.45, 7) is 4.90. The molecule has 0 saturated heterocycles. The van der Waals surface area contributed by atoms with Gasteiger partial charge in [0.2, 0.25) is 11.8 Å². The number of anilines is 2. The second kappa shape index (κ2) is 6.60. The Morgan fingerprint density at radius 3 is 2.81 bits per heavy atom. The van der Waals surface area contributed by atoms with Crippen molar-refractivity contribution in [2.45, 2.75) is 20.4 Å². The van der Waals surface area contributed by atoms with E-state index in [2.05, 4.69) is 25.6 Å². The minimum atomic E-state index is -0.503. The van der Waals surface area contributed by atoms with E-state index >= 15 is 0 Å². The van der Waals surface area contributed by atoms with Gasteiger partial charge in [-0.2, -0.15) is 4.98 Å². The first-order valence-corrected chi connectivity index (χ1v) is 6.50. The molecule has 0 atom stereocenters. The van der Waals surface area contributed by atoms with Gasteiger partial charge in [-0.05, 0) is 31.0 Å². The Morgan fingerprint density at radius 1 is 1.33 bits per heavy atom. The molecule has 8 heteroatoms. The Morgan fingerprint density at radius 2 is 2.14 bits per heavy atom. The predicted molar refractivity (Wildman–Crippen MR) is 79.2 cm³/mol. The molecule has 0 bridgehead atoms. The van der Waals surface area contributed by atoms with E-state index in [0.29, 0.717) is 19.0 Å². The third-order valence-electron chi connectivity index (χ3n) is 2.88. The number of nitrogens with one attached hydrogen (secondary N) is 2. The molecule has 2 N–H and O–H groups in total. The number of hydrogen-bond donors (Lipinski definition) is 2. The zero-order valence-corrected chi connectivity index (χ0v) is 11.8. The number of aryl methyl sites for hydroxylation is 1. The van der Waals surface area contributed by atoms with E-state index in [1.54, 1.807) is 12.4 Å². The minimum absolute atomic E-state index is 0.150. The van der Waals surface area contributed by atoms with Crippen LogP contribution in [0.15, 0.2) is 24.7 Å². The van der Waals surface area contributed by atoms with Crippen LogP contribution in [0.2, 0.25) is 0 Å². The lowest BCUT2D eigenvalue weighted by atomic mass is 10.1. The van der Waals surface area contributed by atoms with Crippen LogP contribution in [-0.4, -0.2) is 26.4 Å². The summed E-state index contributed by atoms with van der Waals surface area (Å²) in [7, 11) is 0. The van der Waals surface area contributed by atoms with Crippen molar-refractivity contribution < 1.29 is 4.92 Å². The average molecular weight is 288 g/mol. The van der Waals surface area contributed by atoms with Gasteiger partial charge in [-0.1, -0.05) is 0 Å². The molecule has 0 saturated carbocycles. The molecule has 0 aliphatic heterocycles. The summed E-state index contributed by atoms with van der Waals surface area (Å²) >= 11 is 0. The van der Waals surface area contributed by atoms with Crippen LogP contribution in [-0.2, 0) is 6.54 Å². The quantitative estimate of drug-likeness (QED) is 0.619. The number of pyridine rings is 1. The van der Waals surface area contributed by atoms with Gasteiger partial charge >= 0.3 is 5.69 Å². The Kier molecular flexibility index (Phi) is 4.60. The average Bonchev–Trinajstić information content (AvgIpc) is 2.46. The monoisotopic (exact) mass is 288 g/mol. The first kappa shape index (κ1) is 14.6. The van der Waals surface area contributed by atoms with Gasteiger partial charge in [0, 0.05) is 25.5 Å². The van der Waals surface area contributed by atoms with Gasteiger partial charge in [0.05, 0.1) is 4.92 Å². The number of nitrogens with zero attached hydrogens (tertiary/aromatic N) is 4. The van der Waals surface area contributed by atoms with Crippen LogP contribution in [0.25, 0.3) is 0 Å². The van der Waals surface area contributed by atoms with Gasteiger partial charge in [0.15, 0.2) is 0 Å². The SMILES string of the molecule is CCNc1ncc([N+](=O)[O-])c(NCc2ccncc2C)n1. The first-order valence-electron chi connectivity index (χ1n) is 6.50. The van der Waals surface area contributed by atoms with Gasteiger partial charge in [0.1, 0.15) is 6.20 Å². The smallest absolute Gasteiger partial charge is 0.329 e. The van der Waals surface area contributed by atoms with E-state index in [4.69, 9.17) is 0 Å². The summed E-state index contributed by atoms with van der Waals surface area (Å²) in [6, 6.07) is 1.86. The highest BCUT2D eigenvalue weighted by atomic mass is 16.6. The van der Waals surface area contributed by atoms with E-state index in [9.17, 15) is 10.1 Å². The molecule has 2 aromatic rings. The van der Waals surface area contributed by atoms with Crippen molar-refractivity contribution >= 4 is 17.5 Å². The Bertz CT molecular complexity index is 646. The van der Waals surface area contributed by atoms with Gasteiger partial charge in [0.25, 0.3) is 0 Å². The molecular weight excluding hydrogens is 272 g/mol. The van der Waals surface area contributed by atoms with E-state index in [1.165, 1.54) is 6.20 Å². The van der Waals surface area contributed by atoms with Crippen LogP contribution in [0.3, 0.4) is 0 Å². The molecule has 2 heterocycles. The molecule has 8 nitrogen and oxygen atoms in total. The Labute approximate surface area is 121 Å². The van der Waals surface area contributed by atoms with Crippen LogP contribution < -0.4 is 10.6 Å². The molecule has 0 fully saturated rings. The third kappa shape index (κ3) is 3.62. The van der Waals surface area contributed by atoms with Gasteiger partial charge in [-0.15, -0.1) is 0 Å². The van der Waals surface area contributed by atoms with Crippen molar-refractivity contribution in [3.8, 4) is 0 Å². The molecule has 0 amide bonds. The highest BCUT2D eigenvalue weighted by molar-refractivity contribution is 5.57. The molecule has 0 aliphatic carbocycles. The highest BCUT2D eigenvalue weighted by Crippen LogP contribution is 2.22. The standard InChI is InChI=1S/C13H16N6O2/c1-3-15-13-17-8-11(19(20)21)12(18-13)16-7-10-4-5-14-6-9(10)2/h4-6,8H,3,7H2,1-2H3,(H2,15,16,17,18). The Balaban J connectivity index is 2.22. The molecule has 0 unspecified atom stereocenters. The summed E-state index contributed by atoms with van der Waals surface area (Å²) < 4.78 is 0. The molecule has 21 heavy (non-hydrogen) atoms. The van der Waals surface area contributed by atoms with Crippen molar-refractivity contribution in [3.05, 3.63) is 45.9 Å². The zero-order chi connectivity index (χ0) is 15.2. The second-order valence-electron chi connectivity index (χ2n) is 4.37. The fourth-order valence-corrected chi connectivity index (χ4v) is 1.76. The summed E-state index contributed by atoms with van der Waals surface area (Å²) in [5, 5.41) is 16.9. The van der Waals surface area contributed by atoms with E-state index in [1.807, 2.05) is 19.9 Å². The van der Waals surface area contributed by atoms with Gasteiger partial charge in [-0.3, -0.25) is 15.1 Å². The fourth-order valence-electron chi connectivity index (χ4n) is 1.76. The molecule has 0 spiro atoms. The van der Waals surface area contributed by atoms with E-state index < -0.39 is 4.92 Å². The molecule has 110 valence electrons. The topological polar surface area (TPSA) is 106 Å². The highest BCUT2D eigenvalue weighted by Gasteiger charge is 2.17. The Hall–Kier alpha value is -2.77. The van der Waals surface area contributed by atoms with Gasteiger partial charge in [-0.25, -0.2) is 4.98 Å². The molecular formula is C13H16N6O2. The molecule has 0 aliphatic rings. The van der Waals surface area contributed by atoms with Gasteiger partial charge < -0.3 is 10.6 Å². The van der Waals surface area contributed by atoms with E-state index in [0.717, 1.165) is 11.1 Å². The van der Waals surface area contributed by atoms with Crippen LogP contribution >= 0.6 is 0 Å². The van der Waals surface area contributed by atoms with Crippen LogP contribution in [0, 0.1) is 17.0 Å². The van der Waals surface area contributed by atoms with Crippen molar-refractivity contribution in [2.24, 2.45) is 0 Å². The summed E-state index contributed by atoms with van der Waals surface area (Å²) in [4.78, 5) is 22.6. The molecule has 2 aromatic heterocycles. The predicted octanol–water partition coefficient (Wildman–Crippen LogP) is 2.13. The number of nitro groups is 1. The van der Waals surface area contributed by atoms with Crippen molar-refractivity contribution in [1.82, 2.24) is 15.0 Å². The minimum Gasteiger partial charge on any atom is -0.360 e. The lowest BCUT2D eigenvalue weighted by Crippen LogP contribution is -2.09. The normalized spacial score (nSPS) is 10.2. The van der Waals surface area contributed by atoms with Crippen molar-refractivity contribution in [3.63, 3.8) is 0 Å². The molecule has 2 rings (SSSR count). The van der Waals surface area contributed by atoms with Crippen LogP contribution in [0.5, 0.6) is 0 Å². The molecule has 0 radical (unpaired) electrons. The van der Waals surface area contributed by atoms with Crippen molar-refractivity contribution in [1.29, 1.82) is 0 Å². The van der Waals surface area contributed by atoms with Crippen LogP contribution in [0.1, 0.15) is 18.1 Å². The largest absolute Gasteiger partial charge is 0.360 e. The maximum Gasteiger partial charge on any atom is 0.329 e. The first-order chi connectivity index (χ1) is 10.1. The van der Waals surface area contributed by atoms with E-state index in [-0.39, 0.29) is 11.5 Å².